The summed E-state index contributed by atoms with van der Waals surface area (Å²) in [6.07, 6.45) is 0.529. The summed E-state index contributed by atoms with van der Waals surface area (Å²) in [4.78, 5) is 4.35. The second kappa shape index (κ2) is 5.28. The van der Waals surface area contributed by atoms with Crippen LogP contribution < -0.4 is 0 Å². The van der Waals surface area contributed by atoms with E-state index < -0.39 is 0 Å². The summed E-state index contributed by atoms with van der Waals surface area (Å²) < 4.78 is 5.25. The van der Waals surface area contributed by atoms with E-state index in [2.05, 4.69) is 10.1 Å². The summed E-state index contributed by atoms with van der Waals surface area (Å²) in [5.41, 5.74) is 2.52. The first-order valence-electron chi connectivity index (χ1n) is 6.52. The zero-order valence-corrected chi connectivity index (χ0v) is 11.4. The van der Waals surface area contributed by atoms with Crippen LogP contribution in [0.4, 0.5) is 0 Å². The second-order valence-corrected chi connectivity index (χ2v) is 4.86. The number of phenols is 2. The lowest BCUT2D eigenvalue weighted by Gasteiger charge is -1.99. The molecule has 2 aromatic carbocycles. The molecular formula is C16H14N2O3. The van der Waals surface area contributed by atoms with Gasteiger partial charge in [-0.15, -0.1) is 0 Å². The van der Waals surface area contributed by atoms with E-state index in [1.807, 2.05) is 19.1 Å². The number of rotatable bonds is 3. The van der Waals surface area contributed by atoms with E-state index in [0.717, 1.165) is 16.7 Å². The molecule has 0 saturated heterocycles. The molecule has 0 atom stereocenters. The number of aromatic nitrogens is 2. The van der Waals surface area contributed by atoms with Gasteiger partial charge in [0, 0.05) is 12.0 Å². The molecule has 1 aromatic heterocycles. The summed E-state index contributed by atoms with van der Waals surface area (Å²) in [5.74, 6) is 1.46. The van der Waals surface area contributed by atoms with Crippen LogP contribution in [0.2, 0.25) is 0 Å². The van der Waals surface area contributed by atoms with Gasteiger partial charge in [-0.2, -0.15) is 4.98 Å². The van der Waals surface area contributed by atoms with Gasteiger partial charge < -0.3 is 14.7 Å². The molecule has 2 N–H and O–H groups in total. The molecule has 106 valence electrons. The Morgan fingerprint density at radius 2 is 1.81 bits per heavy atom. The van der Waals surface area contributed by atoms with Crippen molar-refractivity contribution in [1.29, 1.82) is 0 Å². The molecule has 3 rings (SSSR count). The highest BCUT2D eigenvalue weighted by atomic mass is 16.5. The zero-order valence-electron chi connectivity index (χ0n) is 11.4. The number of aryl methyl sites for hydroxylation is 1. The minimum Gasteiger partial charge on any atom is -0.508 e. The highest BCUT2D eigenvalue weighted by molar-refractivity contribution is 5.56. The van der Waals surface area contributed by atoms with Gasteiger partial charge in [0.05, 0.1) is 0 Å². The maximum atomic E-state index is 9.53. The predicted octanol–water partition coefficient (Wildman–Crippen LogP) is 3.05. The van der Waals surface area contributed by atoms with E-state index in [1.54, 1.807) is 30.3 Å². The molecule has 0 bridgehead atoms. The van der Waals surface area contributed by atoms with Crippen LogP contribution in [0.5, 0.6) is 11.5 Å². The van der Waals surface area contributed by atoms with Crippen LogP contribution in [-0.2, 0) is 6.42 Å². The molecule has 3 aromatic rings. The molecule has 0 aliphatic heterocycles. The minimum absolute atomic E-state index is 0.229. The third kappa shape index (κ3) is 2.86. The van der Waals surface area contributed by atoms with Crippen molar-refractivity contribution < 1.29 is 14.7 Å². The molecule has 0 aliphatic carbocycles. The standard InChI is InChI=1S/C16H14N2O3/c1-10-8-12(4-7-14(10)20)16-17-15(18-21-16)9-11-2-5-13(19)6-3-11/h2-8,19-20H,9H2,1H3. The van der Waals surface area contributed by atoms with E-state index in [1.165, 1.54) is 0 Å². The van der Waals surface area contributed by atoms with Crippen LogP contribution in [-0.4, -0.2) is 20.4 Å². The average Bonchev–Trinajstić information content (AvgIpc) is 2.93. The minimum atomic E-state index is 0.229. The predicted molar refractivity (Wildman–Crippen MR) is 77.0 cm³/mol. The fraction of sp³-hybridized carbons (Fsp3) is 0.125. The molecule has 0 spiro atoms. The Kier molecular flexibility index (Phi) is 3.31. The average molecular weight is 282 g/mol. The molecule has 0 fully saturated rings. The van der Waals surface area contributed by atoms with Crippen molar-refractivity contribution >= 4 is 0 Å². The summed E-state index contributed by atoms with van der Waals surface area (Å²) >= 11 is 0. The van der Waals surface area contributed by atoms with E-state index in [4.69, 9.17) is 4.52 Å². The van der Waals surface area contributed by atoms with Crippen LogP contribution in [0.15, 0.2) is 47.0 Å². The van der Waals surface area contributed by atoms with Gasteiger partial charge in [0.25, 0.3) is 5.89 Å². The Balaban J connectivity index is 1.82. The van der Waals surface area contributed by atoms with E-state index >= 15 is 0 Å². The quantitative estimate of drug-likeness (QED) is 0.771. The van der Waals surface area contributed by atoms with Crippen molar-refractivity contribution in [3.8, 4) is 23.0 Å². The molecule has 1 heterocycles. The molecule has 0 aliphatic rings. The number of benzene rings is 2. The van der Waals surface area contributed by atoms with Crippen LogP contribution in [0.1, 0.15) is 17.0 Å². The van der Waals surface area contributed by atoms with Gasteiger partial charge in [-0.1, -0.05) is 17.3 Å². The second-order valence-electron chi connectivity index (χ2n) is 4.86. The normalized spacial score (nSPS) is 10.7. The van der Waals surface area contributed by atoms with Crippen LogP contribution in [0.3, 0.4) is 0 Å². The monoisotopic (exact) mass is 282 g/mol. The van der Waals surface area contributed by atoms with Gasteiger partial charge in [0.15, 0.2) is 5.82 Å². The summed E-state index contributed by atoms with van der Waals surface area (Å²) in [6, 6.07) is 12.0. The third-order valence-corrected chi connectivity index (χ3v) is 3.21. The maximum absolute atomic E-state index is 9.53. The fourth-order valence-electron chi connectivity index (χ4n) is 2.03. The van der Waals surface area contributed by atoms with Crippen molar-refractivity contribution in [2.75, 3.05) is 0 Å². The Hall–Kier alpha value is -2.82. The maximum Gasteiger partial charge on any atom is 0.257 e. The molecule has 5 heteroatoms. The number of phenolic OH excluding ortho intramolecular Hbond substituents is 2. The molecule has 0 amide bonds. The highest BCUT2D eigenvalue weighted by Crippen LogP contribution is 2.24. The third-order valence-electron chi connectivity index (χ3n) is 3.21. The number of hydrogen-bond donors (Lipinski definition) is 2. The van der Waals surface area contributed by atoms with Crippen molar-refractivity contribution in [1.82, 2.24) is 10.1 Å². The van der Waals surface area contributed by atoms with E-state index in [0.29, 0.717) is 18.1 Å². The van der Waals surface area contributed by atoms with Gasteiger partial charge in [-0.05, 0) is 48.4 Å². The van der Waals surface area contributed by atoms with Crippen LogP contribution in [0, 0.1) is 6.92 Å². The summed E-state index contributed by atoms with van der Waals surface area (Å²) in [6.45, 7) is 1.81. The van der Waals surface area contributed by atoms with Gasteiger partial charge in [0.1, 0.15) is 11.5 Å². The molecule has 5 nitrogen and oxygen atoms in total. The first-order valence-corrected chi connectivity index (χ1v) is 6.52. The number of hydrogen-bond acceptors (Lipinski definition) is 5. The van der Waals surface area contributed by atoms with Crippen LogP contribution in [0.25, 0.3) is 11.5 Å². The Bertz CT molecular complexity index is 763. The molecule has 0 unspecified atom stereocenters. The first kappa shape index (κ1) is 13.2. The molecule has 0 radical (unpaired) electrons. The van der Waals surface area contributed by atoms with E-state index in [9.17, 15) is 10.2 Å². The Labute approximate surface area is 121 Å². The van der Waals surface area contributed by atoms with Crippen molar-refractivity contribution in [2.45, 2.75) is 13.3 Å². The van der Waals surface area contributed by atoms with Crippen molar-refractivity contribution in [2.24, 2.45) is 0 Å². The molecular weight excluding hydrogens is 268 g/mol. The van der Waals surface area contributed by atoms with Gasteiger partial charge in [0.2, 0.25) is 0 Å². The number of aromatic hydroxyl groups is 2. The van der Waals surface area contributed by atoms with E-state index in [-0.39, 0.29) is 11.5 Å². The van der Waals surface area contributed by atoms with Gasteiger partial charge in [-0.3, -0.25) is 0 Å². The highest BCUT2D eigenvalue weighted by Gasteiger charge is 2.10. The SMILES string of the molecule is Cc1cc(-c2nc(Cc3ccc(O)cc3)no2)ccc1O. The Morgan fingerprint density at radius 3 is 2.52 bits per heavy atom. The van der Waals surface area contributed by atoms with Gasteiger partial charge in [-0.25, -0.2) is 0 Å². The summed E-state index contributed by atoms with van der Waals surface area (Å²) in [7, 11) is 0. The lowest BCUT2D eigenvalue weighted by atomic mass is 10.1. The van der Waals surface area contributed by atoms with Crippen molar-refractivity contribution in [3.05, 3.63) is 59.4 Å². The largest absolute Gasteiger partial charge is 0.508 e. The topological polar surface area (TPSA) is 79.4 Å². The first-order chi connectivity index (χ1) is 10.1. The number of nitrogens with zero attached hydrogens (tertiary/aromatic N) is 2. The van der Waals surface area contributed by atoms with Gasteiger partial charge >= 0.3 is 0 Å². The molecule has 0 saturated carbocycles. The summed E-state index contributed by atoms with van der Waals surface area (Å²) in [5, 5.41) is 22.7. The lowest BCUT2D eigenvalue weighted by molar-refractivity contribution is 0.423. The smallest absolute Gasteiger partial charge is 0.257 e. The fourth-order valence-corrected chi connectivity index (χ4v) is 2.03. The van der Waals surface area contributed by atoms with Crippen LogP contribution >= 0.6 is 0 Å². The molecule has 21 heavy (non-hydrogen) atoms. The zero-order chi connectivity index (χ0) is 14.8. The Morgan fingerprint density at radius 1 is 1.05 bits per heavy atom. The lowest BCUT2D eigenvalue weighted by Crippen LogP contribution is -1.90. The van der Waals surface area contributed by atoms with Crippen molar-refractivity contribution in [3.63, 3.8) is 0 Å².